The summed E-state index contributed by atoms with van der Waals surface area (Å²) >= 11 is 0. The zero-order chi connectivity index (χ0) is 20.5. The molecule has 0 aromatic heterocycles. The highest BCUT2D eigenvalue weighted by Gasteiger charge is 2.32. The lowest BCUT2D eigenvalue weighted by Gasteiger charge is -2.38. The Bertz CT molecular complexity index is 510. The van der Waals surface area contributed by atoms with Crippen LogP contribution in [-0.4, -0.2) is 0 Å². The van der Waals surface area contributed by atoms with Crippen LogP contribution in [0.3, 0.4) is 0 Å². The summed E-state index contributed by atoms with van der Waals surface area (Å²) in [6, 6.07) is 0. The Balaban J connectivity index is 1.43. The normalized spacial score (nSPS) is 36.2. The van der Waals surface area contributed by atoms with Crippen molar-refractivity contribution in [2.75, 3.05) is 0 Å². The second kappa shape index (κ2) is 12.2. The van der Waals surface area contributed by atoms with Crippen molar-refractivity contribution in [3.05, 3.63) is 37.0 Å². The lowest BCUT2D eigenvalue weighted by molar-refractivity contribution is 0.216. The average molecular weight is 397 g/mol. The molecule has 2 unspecified atom stereocenters. The summed E-state index contributed by atoms with van der Waals surface area (Å²) in [6.45, 7) is 11.0. The van der Waals surface area contributed by atoms with Gasteiger partial charge in [-0.3, -0.25) is 0 Å². The van der Waals surface area contributed by atoms with Crippen molar-refractivity contribution in [3.63, 3.8) is 0 Å². The van der Waals surface area contributed by atoms with Gasteiger partial charge in [-0.2, -0.15) is 0 Å². The summed E-state index contributed by atoms with van der Waals surface area (Å²) < 4.78 is 0. The van der Waals surface area contributed by atoms with E-state index < -0.39 is 0 Å². The second-order valence-electron chi connectivity index (χ2n) is 10.6. The first kappa shape index (κ1) is 22.9. The smallest absolute Gasteiger partial charge is 0.0175 e. The third-order valence-corrected chi connectivity index (χ3v) is 8.72. The molecule has 0 saturated heterocycles. The molecule has 3 fully saturated rings. The fraction of sp³-hybridized carbons (Fsp3) is 0.793. The Morgan fingerprint density at radius 2 is 1.52 bits per heavy atom. The molecular formula is C29H48. The summed E-state index contributed by atoms with van der Waals surface area (Å²) in [5.74, 6) is 5.20. The van der Waals surface area contributed by atoms with Crippen molar-refractivity contribution in [2.45, 2.75) is 110 Å². The Hall–Kier alpha value is -0.780. The van der Waals surface area contributed by atoms with Crippen molar-refractivity contribution >= 4 is 0 Å². The third kappa shape index (κ3) is 6.86. The van der Waals surface area contributed by atoms with Crippen LogP contribution in [0.5, 0.6) is 0 Å². The SMILES string of the molecule is C=CC1CCC(/C=C/CCC2CCCCC2C(=C)C2CCC(CCC)CC2)CC1. The zero-order valence-electron chi connectivity index (χ0n) is 19.4. The van der Waals surface area contributed by atoms with Crippen LogP contribution in [0.25, 0.3) is 0 Å². The summed E-state index contributed by atoms with van der Waals surface area (Å²) in [5.41, 5.74) is 1.66. The van der Waals surface area contributed by atoms with Gasteiger partial charge in [0.25, 0.3) is 0 Å². The van der Waals surface area contributed by atoms with Crippen LogP contribution >= 0.6 is 0 Å². The van der Waals surface area contributed by atoms with Crippen LogP contribution in [0.4, 0.5) is 0 Å². The summed E-state index contributed by atoms with van der Waals surface area (Å²) in [4.78, 5) is 0. The maximum Gasteiger partial charge on any atom is -0.0175 e. The fourth-order valence-corrected chi connectivity index (χ4v) is 6.75. The highest BCUT2D eigenvalue weighted by atomic mass is 14.4. The summed E-state index contributed by atoms with van der Waals surface area (Å²) in [5, 5.41) is 0. The van der Waals surface area contributed by atoms with Gasteiger partial charge in [0, 0.05) is 0 Å². The number of allylic oxidation sites excluding steroid dienone is 4. The molecule has 3 aliphatic carbocycles. The van der Waals surface area contributed by atoms with Gasteiger partial charge in [0.05, 0.1) is 0 Å². The molecule has 0 heterocycles. The van der Waals surface area contributed by atoms with Crippen molar-refractivity contribution in [2.24, 2.45) is 35.5 Å². The average Bonchev–Trinajstić information content (AvgIpc) is 2.78. The molecule has 3 aliphatic rings. The Morgan fingerprint density at radius 1 is 0.828 bits per heavy atom. The van der Waals surface area contributed by atoms with Gasteiger partial charge < -0.3 is 0 Å². The maximum atomic E-state index is 4.71. The van der Waals surface area contributed by atoms with Gasteiger partial charge in [-0.15, -0.1) is 6.58 Å². The van der Waals surface area contributed by atoms with Gasteiger partial charge in [-0.1, -0.05) is 63.0 Å². The Morgan fingerprint density at radius 3 is 2.21 bits per heavy atom. The molecule has 3 saturated carbocycles. The molecule has 0 aromatic rings. The molecule has 0 aromatic carbocycles. The number of hydrogen-bond donors (Lipinski definition) is 0. The molecule has 0 heteroatoms. The second-order valence-corrected chi connectivity index (χ2v) is 10.6. The quantitative estimate of drug-likeness (QED) is 0.340. The first-order chi connectivity index (χ1) is 14.2. The van der Waals surface area contributed by atoms with Crippen LogP contribution in [0, 0.1) is 35.5 Å². The molecule has 0 amide bonds. The van der Waals surface area contributed by atoms with Crippen molar-refractivity contribution in [1.29, 1.82) is 0 Å². The van der Waals surface area contributed by atoms with E-state index in [-0.39, 0.29) is 0 Å². The summed E-state index contributed by atoms with van der Waals surface area (Å²) in [7, 11) is 0. The zero-order valence-corrected chi connectivity index (χ0v) is 19.4. The van der Waals surface area contributed by atoms with E-state index in [2.05, 4.69) is 31.7 Å². The summed E-state index contributed by atoms with van der Waals surface area (Å²) in [6.07, 6.45) is 29.8. The van der Waals surface area contributed by atoms with Crippen LogP contribution in [0.2, 0.25) is 0 Å². The van der Waals surface area contributed by atoms with Gasteiger partial charge >= 0.3 is 0 Å². The minimum atomic E-state index is 0.783. The maximum absolute atomic E-state index is 4.71. The highest BCUT2D eigenvalue weighted by Crippen LogP contribution is 2.44. The lowest BCUT2D eigenvalue weighted by atomic mass is 9.67. The molecule has 0 nitrogen and oxygen atoms in total. The van der Waals surface area contributed by atoms with E-state index in [0.717, 1.165) is 35.5 Å². The van der Waals surface area contributed by atoms with E-state index in [4.69, 9.17) is 6.58 Å². The molecule has 0 spiro atoms. The van der Waals surface area contributed by atoms with E-state index >= 15 is 0 Å². The topological polar surface area (TPSA) is 0 Å². The minimum Gasteiger partial charge on any atom is -0.103 e. The minimum absolute atomic E-state index is 0.783. The largest absolute Gasteiger partial charge is 0.103 e. The number of hydrogen-bond acceptors (Lipinski definition) is 0. The first-order valence-electron chi connectivity index (χ1n) is 13.2. The standard InChI is InChI=1S/C29H48/c1-4-10-25-19-21-27(22-20-25)23(3)29-14-9-8-13-28(29)12-7-6-11-26-17-15-24(5-2)16-18-26/h5-6,11,24-29H,2-4,7-10,12-22H2,1H3/b11-6+. The monoisotopic (exact) mass is 396 g/mol. The lowest BCUT2D eigenvalue weighted by Crippen LogP contribution is -2.26. The van der Waals surface area contributed by atoms with Gasteiger partial charge in [-0.25, -0.2) is 0 Å². The van der Waals surface area contributed by atoms with Crippen LogP contribution in [0.1, 0.15) is 110 Å². The molecule has 29 heavy (non-hydrogen) atoms. The molecule has 0 radical (unpaired) electrons. The van der Waals surface area contributed by atoms with Crippen LogP contribution in [-0.2, 0) is 0 Å². The van der Waals surface area contributed by atoms with Gasteiger partial charge in [0.2, 0.25) is 0 Å². The van der Waals surface area contributed by atoms with Crippen molar-refractivity contribution in [1.82, 2.24) is 0 Å². The molecule has 2 atom stereocenters. The molecule has 0 bridgehead atoms. The van der Waals surface area contributed by atoms with Crippen molar-refractivity contribution in [3.8, 4) is 0 Å². The van der Waals surface area contributed by atoms with E-state index in [0.29, 0.717) is 0 Å². The Labute approximate surface area is 182 Å². The Kier molecular flexibility index (Phi) is 9.60. The van der Waals surface area contributed by atoms with Gasteiger partial charge in [-0.05, 0) is 113 Å². The van der Waals surface area contributed by atoms with E-state index in [1.165, 1.54) is 103 Å². The van der Waals surface area contributed by atoms with Gasteiger partial charge in [0.1, 0.15) is 0 Å². The van der Waals surface area contributed by atoms with Crippen LogP contribution in [0.15, 0.2) is 37.0 Å². The molecule has 0 N–H and O–H groups in total. The molecule has 164 valence electrons. The predicted molar refractivity (Wildman–Crippen MR) is 129 cm³/mol. The predicted octanol–water partition coefficient (Wildman–Crippen LogP) is 9.28. The molecule has 0 aliphatic heterocycles. The van der Waals surface area contributed by atoms with E-state index in [1.807, 2.05) is 0 Å². The third-order valence-electron chi connectivity index (χ3n) is 8.72. The van der Waals surface area contributed by atoms with Gasteiger partial charge in [0.15, 0.2) is 0 Å². The highest BCUT2D eigenvalue weighted by molar-refractivity contribution is 5.10. The van der Waals surface area contributed by atoms with E-state index in [9.17, 15) is 0 Å². The molecule has 3 rings (SSSR count). The van der Waals surface area contributed by atoms with E-state index in [1.54, 1.807) is 5.57 Å². The van der Waals surface area contributed by atoms with Crippen LogP contribution < -0.4 is 0 Å². The van der Waals surface area contributed by atoms with Crippen molar-refractivity contribution < 1.29 is 0 Å². The number of rotatable bonds is 9. The fourth-order valence-electron chi connectivity index (χ4n) is 6.75. The first-order valence-corrected chi connectivity index (χ1v) is 13.2. The molecular weight excluding hydrogens is 348 g/mol.